The summed E-state index contributed by atoms with van der Waals surface area (Å²) in [5.41, 5.74) is 13.5. The molecule has 0 fully saturated rings. The molecule has 140 valence electrons. The van der Waals surface area contributed by atoms with Gasteiger partial charge in [0.2, 0.25) is 5.91 Å². The van der Waals surface area contributed by atoms with Crippen LogP contribution in [0.25, 0.3) is 10.4 Å². The SMILES string of the molecule is CC(CCCCN)C(=O)NCCOCCOCCOCCN=[N+]=[N-]. The second kappa shape index (κ2) is 18.0. The summed E-state index contributed by atoms with van der Waals surface area (Å²) in [5.74, 6) is 0.0727. The highest BCUT2D eigenvalue weighted by Gasteiger charge is 2.11. The maximum atomic E-state index is 11.8. The van der Waals surface area contributed by atoms with Crippen LogP contribution in [0.5, 0.6) is 0 Å². The molecule has 0 heterocycles. The van der Waals surface area contributed by atoms with E-state index in [1.54, 1.807) is 0 Å². The Kier molecular flexibility index (Phi) is 16.9. The molecule has 0 aliphatic carbocycles. The first-order chi connectivity index (χ1) is 11.7. The number of unbranched alkanes of at least 4 members (excludes halogenated alkanes) is 1. The second-order valence-electron chi connectivity index (χ2n) is 5.27. The fraction of sp³-hybridized carbons (Fsp3) is 0.933. The van der Waals surface area contributed by atoms with Crippen molar-refractivity contribution in [1.29, 1.82) is 0 Å². The first-order valence-corrected chi connectivity index (χ1v) is 8.44. The number of carbonyl (C=O) groups is 1. The summed E-state index contributed by atoms with van der Waals surface area (Å²) in [5, 5.41) is 6.20. The maximum absolute atomic E-state index is 11.8. The van der Waals surface area contributed by atoms with Crippen molar-refractivity contribution < 1.29 is 19.0 Å². The molecule has 0 aromatic heterocycles. The van der Waals surface area contributed by atoms with E-state index in [1.165, 1.54) is 0 Å². The Morgan fingerprint density at radius 1 is 1.12 bits per heavy atom. The van der Waals surface area contributed by atoms with Crippen molar-refractivity contribution in [3.05, 3.63) is 10.4 Å². The normalized spacial score (nSPS) is 11.8. The van der Waals surface area contributed by atoms with Crippen LogP contribution < -0.4 is 11.1 Å². The molecule has 0 rings (SSSR count). The molecule has 0 aromatic carbocycles. The first-order valence-electron chi connectivity index (χ1n) is 8.44. The molecule has 0 bridgehead atoms. The molecular weight excluding hydrogens is 314 g/mol. The minimum atomic E-state index is 0.0127. The third-order valence-electron chi connectivity index (χ3n) is 3.23. The molecule has 0 aliphatic heterocycles. The Labute approximate surface area is 143 Å². The van der Waals surface area contributed by atoms with Crippen molar-refractivity contribution in [3.63, 3.8) is 0 Å². The van der Waals surface area contributed by atoms with Crippen LogP contribution in [0.2, 0.25) is 0 Å². The quantitative estimate of drug-likeness (QED) is 0.177. The van der Waals surface area contributed by atoms with Crippen molar-refractivity contribution in [2.45, 2.75) is 26.2 Å². The van der Waals surface area contributed by atoms with Crippen molar-refractivity contribution in [2.75, 3.05) is 59.3 Å². The number of nitrogens with zero attached hydrogens (tertiary/aromatic N) is 3. The number of rotatable bonds is 17. The zero-order valence-corrected chi connectivity index (χ0v) is 14.6. The van der Waals surface area contributed by atoms with Gasteiger partial charge in [0.25, 0.3) is 0 Å². The van der Waals surface area contributed by atoms with Crippen molar-refractivity contribution in [2.24, 2.45) is 16.8 Å². The summed E-state index contributed by atoms with van der Waals surface area (Å²) in [7, 11) is 0. The van der Waals surface area contributed by atoms with Gasteiger partial charge < -0.3 is 25.3 Å². The Morgan fingerprint density at radius 3 is 2.38 bits per heavy atom. The lowest BCUT2D eigenvalue weighted by atomic mass is 10.0. The number of ether oxygens (including phenoxy) is 3. The van der Waals surface area contributed by atoms with Crippen LogP contribution in [0.15, 0.2) is 5.11 Å². The number of azide groups is 1. The zero-order valence-electron chi connectivity index (χ0n) is 14.6. The fourth-order valence-corrected chi connectivity index (χ4v) is 1.84. The Hall–Kier alpha value is -1.38. The van der Waals surface area contributed by atoms with Crippen LogP contribution >= 0.6 is 0 Å². The molecule has 9 heteroatoms. The maximum Gasteiger partial charge on any atom is 0.222 e. The van der Waals surface area contributed by atoms with E-state index in [-0.39, 0.29) is 11.8 Å². The lowest BCUT2D eigenvalue weighted by Gasteiger charge is -2.12. The van der Waals surface area contributed by atoms with Gasteiger partial charge in [0.1, 0.15) is 0 Å². The Morgan fingerprint density at radius 2 is 1.75 bits per heavy atom. The highest BCUT2D eigenvalue weighted by Crippen LogP contribution is 2.06. The van der Waals surface area contributed by atoms with Gasteiger partial charge in [0, 0.05) is 23.9 Å². The van der Waals surface area contributed by atoms with Gasteiger partial charge in [0.05, 0.1) is 39.6 Å². The summed E-state index contributed by atoms with van der Waals surface area (Å²) in [6.07, 6.45) is 2.80. The monoisotopic (exact) mass is 345 g/mol. The van der Waals surface area contributed by atoms with Crippen molar-refractivity contribution >= 4 is 5.91 Å². The largest absolute Gasteiger partial charge is 0.379 e. The number of nitrogens with two attached hydrogens (primary N) is 1. The lowest BCUT2D eigenvalue weighted by Crippen LogP contribution is -2.32. The van der Waals surface area contributed by atoms with Gasteiger partial charge in [0.15, 0.2) is 0 Å². The molecule has 1 unspecified atom stereocenters. The third kappa shape index (κ3) is 15.5. The third-order valence-corrected chi connectivity index (χ3v) is 3.23. The summed E-state index contributed by atoms with van der Waals surface area (Å²) in [6.45, 7) is 6.17. The van der Waals surface area contributed by atoms with Gasteiger partial charge in [-0.05, 0) is 24.9 Å². The topological polar surface area (TPSA) is 132 Å². The molecule has 0 saturated carbocycles. The standard InChI is InChI=1S/C15H31N5O4/c1-14(4-2-3-5-16)15(21)18-6-8-22-10-12-24-13-11-23-9-7-19-20-17/h14H,2-13,16H2,1H3,(H,18,21). The molecular formula is C15H31N5O4. The fourth-order valence-electron chi connectivity index (χ4n) is 1.84. The number of hydrogen-bond donors (Lipinski definition) is 2. The lowest BCUT2D eigenvalue weighted by molar-refractivity contribution is -0.125. The number of nitrogens with one attached hydrogen (secondary N) is 1. The average Bonchev–Trinajstić information content (AvgIpc) is 2.58. The van der Waals surface area contributed by atoms with Crippen molar-refractivity contribution in [1.82, 2.24) is 5.32 Å². The van der Waals surface area contributed by atoms with E-state index >= 15 is 0 Å². The molecule has 1 amide bonds. The van der Waals surface area contributed by atoms with Crippen LogP contribution in [-0.4, -0.2) is 65.2 Å². The van der Waals surface area contributed by atoms with Crippen LogP contribution in [0, 0.1) is 5.92 Å². The minimum absolute atomic E-state index is 0.0127. The van der Waals surface area contributed by atoms with Crippen LogP contribution in [0.1, 0.15) is 26.2 Å². The van der Waals surface area contributed by atoms with Gasteiger partial charge in [-0.2, -0.15) is 0 Å². The van der Waals surface area contributed by atoms with E-state index in [4.69, 9.17) is 25.5 Å². The predicted molar refractivity (Wildman–Crippen MR) is 91.5 cm³/mol. The van der Waals surface area contributed by atoms with E-state index in [0.717, 1.165) is 19.3 Å². The Balaban J connectivity index is 3.26. The van der Waals surface area contributed by atoms with E-state index in [2.05, 4.69) is 15.3 Å². The summed E-state index contributed by atoms with van der Waals surface area (Å²) in [4.78, 5) is 14.4. The number of carbonyl (C=O) groups excluding carboxylic acids is 1. The molecule has 0 saturated heterocycles. The van der Waals surface area contributed by atoms with E-state index in [1.807, 2.05) is 6.92 Å². The Bertz CT molecular complexity index is 351. The van der Waals surface area contributed by atoms with E-state index in [0.29, 0.717) is 59.3 Å². The van der Waals surface area contributed by atoms with Crippen LogP contribution in [0.4, 0.5) is 0 Å². The predicted octanol–water partition coefficient (Wildman–Crippen LogP) is 1.23. The summed E-state index contributed by atoms with van der Waals surface area (Å²) in [6, 6.07) is 0. The van der Waals surface area contributed by atoms with Gasteiger partial charge >= 0.3 is 0 Å². The first kappa shape index (κ1) is 22.6. The number of hydrogen-bond acceptors (Lipinski definition) is 6. The molecule has 0 aromatic rings. The minimum Gasteiger partial charge on any atom is -0.379 e. The van der Waals surface area contributed by atoms with Gasteiger partial charge in [-0.3, -0.25) is 4.79 Å². The zero-order chi connectivity index (χ0) is 17.9. The van der Waals surface area contributed by atoms with Gasteiger partial charge in [-0.15, -0.1) is 0 Å². The molecule has 24 heavy (non-hydrogen) atoms. The molecule has 9 nitrogen and oxygen atoms in total. The second-order valence-corrected chi connectivity index (χ2v) is 5.27. The molecule has 0 spiro atoms. The van der Waals surface area contributed by atoms with E-state index < -0.39 is 0 Å². The van der Waals surface area contributed by atoms with Crippen LogP contribution in [0.3, 0.4) is 0 Å². The highest BCUT2D eigenvalue weighted by molar-refractivity contribution is 5.78. The molecule has 0 radical (unpaired) electrons. The summed E-state index contributed by atoms with van der Waals surface area (Å²) >= 11 is 0. The molecule has 0 aliphatic rings. The highest BCUT2D eigenvalue weighted by atomic mass is 16.5. The average molecular weight is 345 g/mol. The van der Waals surface area contributed by atoms with Crippen molar-refractivity contribution in [3.8, 4) is 0 Å². The van der Waals surface area contributed by atoms with Gasteiger partial charge in [-0.25, -0.2) is 0 Å². The van der Waals surface area contributed by atoms with E-state index in [9.17, 15) is 4.79 Å². The summed E-state index contributed by atoms with van der Waals surface area (Å²) < 4.78 is 15.9. The molecule has 1 atom stereocenters. The smallest absolute Gasteiger partial charge is 0.222 e. The van der Waals surface area contributed by atoms with Gasteiger partial charge in [-0.1, -0.05) is 18.5 Å². The number of amides is 1. The van der Waals surface area contributed by atoms with Crippen LogP contribution in [-0.2, 0) is 19.0 Å². The molecule has 3 N–H and O–H groups in total.